The monoisotopic (exact) mass is 324 g/mol. The van der Waals surface area contributed by atoms with Crippen LogP contribution in [0.1, 0.15) is 20.8 Å². The molecule has 1 aromatic heterocycles. The molecule has 0 fully saturated rings. The average molecular weight is 325 g/mol. The van der Waals surface area contributed by atoms with Gasteiger partial charge in [0.25, 0.3) is 0 Å². The van der Waals surface area contributed by atoms with Crippen LogP contribution in [-0.4, -0.2) is 28.6 Å². The molecule has 6 heteroatoms. The molecule has 0 saturated heterocycles. The zero-order valence-electron chi connectivity index (χ0n) is 9.79. The molecule has 0 aliphatic carbocycles. The minimum absolute atomic E-state index is 0.594. The lowest BCUT2D eigenvalue weighted by atomic mass is 10.7. The first kappa shape index (κ1) is 14.3. The summed E-state index contributed by atoms with van der Waals surface area (Å²) in [4.78, 5) is 0. The van der Waals surface area contributed by atoms with Gasteiger partial charge < -0.3 is 13.3 Å². The van der Waals surface area contributed by atoms with Gasteiger partial charge >= 0.3 is 8.80 Å². The molecule has 0 aliphatic rings. The molecule has 1 heterocycles. The van der Waals surface area contributed by atoms with E-state index in [9.17, 15) is 0 Å². The Labute approximate surface area is 110 Å². The van der Waals surface area contributed by atoms with Crippen LogP contribution < -0.4 is 4.50 Å². The first-order chi connectivity index (χ1) is 7.70. The van der Waals surface area contributed by atoms with Gasteiger partial charge in [-0.2, -0.15) is 0 Å². The van der Waals surface area contributed by atoms with Crippen molar-refractivity contribution in [1.29, 1.82) is 0 Å². The molecule has 92 valence electrons. The number of thiophene rings is 1. The molecule has 16 heavy (non-hydrogen) atoms. The predicted octanol–water partition coefficient (Wildman–Crippen LogP) is 2.77. The molecule has 0 atom stereocenters. The summed E-state index contributed by atoms with van der Waals surface area (Å²) in [6.45, 7) is 7.66. The normalized spacial score (nSPS) is 12.0. The van der Waals surface area contributed by atoms with Gasteiger partial charge in [0.2, 0.25) is 0 Å². The second-order valence-corrected chi connectivity index (χ2v) is 7.56. The summed E-state index contributed by atoms with van der Waals surface area (Å²) < 4.78 is 19.5. The summed E-state index contributed by atoms with van der Waals surface area (Å²) in [5.74, 6) is 0. The molecular formula is C10H17BrO3SSi. The van der Waals surface area contributed by atoms with Crippen molar-refractivity contribution in [2.24, 2.45) is 0 Å². The molecule has 1 rings (SSSR count). The molecule has 0 bridgehead atoms. The molecule has 0 saturated carbocycles. The van der Waals surface area contributed by atoms with Gasteiger partial charge in [0, 0.05) is 24.3 Å². The SMILES string of the molecule is CCO[Si](OCC)(OCC)c1sccc1Br. The lowest BCUT2D eigenvalue weighted by Gasteiger charge is -2.27. The first-order valence-electron chi connectivity index (χ1n) is 5.35. The van der Waals surface area contributed by atoms with Crippen LogP contribution in [-0.2, 0) is 13.3 Å². The molecule has 0 spiro atoms. The summed E-state index contributed by atoms with van der Waals surface area (Å²) in [7, 11) is -2.69. The van der Waals surface area contributed by atoms with Crippen LogP contribution in [0.25, 0.3) is 0 Å². The third-order valence-corrected chi connectivity index (χ3v) is 7.85. The van der Waals surface area contributed by atoms with Gasteiger partial charge in [-0.3, -0.25) is 0 Å². The summed E-state index contributed by atoms with van der Waals surface area (Å²) in [5, 5.41) is 2.01. The molecule has 0 aliphatic heterocycles. The Morgan fingerprint density at radius 3 is 1.94 bits per heavy atom. The standard InChI is InChI=1S/C10H17BrO3SSi/c1-4-12-16(13-5-2,14-6-3)10-9(11)7-8-15-10/h7-8H,4-6H2,1-3H3. The lowest BCUT2D eigenvalue weighted by Crippen LogP contribution is -2.56. The summed E-state index contributed by atoms with van der Waals surface area (Å²) >= 11 is 5.13. The van der Waals surface area contributed by atoms with Crippen molar-refractivity contribution in [2.45, 2.75) is 20.8 Å². The van der Waals surface area contributed by atoms with Crippen LogP contribution in [0.3, 0.4) is 0 Å². The minimum atomic E-state index is -2.69. The predicted molar refractivity (Wildman–Crippen MR) is 72.3 cm³/mol. The van der Waals surface area contributed by atoms with Crippen LogP contribution in [0.2, 0.25) is 0 Å². The molecule has 0 radical (unpaired) electrons. The van der Waals surface area contributed by atoms with Crippen molar-refractivity contribution in [1.82, 2.24) is 0 Å². The second-order valence-electron chi connectivity index (χ2n) is 2.95. The molecule has 1 aromatic rings. The molecule has 0 amide bonds. The van der Waals surface area contributed by atoms with Crippen molar-refractivity contribution < 1.29 is 13.3 Å². The lowest BCUT2D eigenvalue weighted by molar-refractivity contribution is 0.0865. The van der Waals surface area contributed by atoms with Gasteiger partial charge in [0.15, 0.2) is 0 Å². The fourth-order valence-electron chi connectivity index (χ4n) is 1.40. The van der Waals surface area contributed by atoms with E-state index in [4.69, 9.17) is 13.3 Å². The number of rotatable bonds is 7. The second kappa shape index (κ2) is 6.88. The number of hydrogen-bond donors (Lipinski definition) is 0. The summed E-state index contributed by atoms with van der Waals surface area (Å²) in [5.41, 5.74) is 0. The Bertz CT molecular complexity index is 302. The third kappa shape index (κ3) is 3.15. The molecular weight excluding hydrogens is 308 g/mol. The van der Waals surface area contributed by atoms with E-state index in [-0.39, 0.29) is 0 Å². The van der Waals surface area contributed by atoms with E-state index in [1.807, 2.05) is 32.2 Å². The fourth-order valence-corrected chi connectivity index (χ4v) is 6.71. The van der Waals surface area contributed by atoms with Crippen LogP contribution in [0, 0.1) is 0 Å². The van der Waals surface area contributed by atoms with Crippen molar-refractivity contribution in [3.8, 4) is 0 Å². The van der Waals surface area contributed by atoms with E-state index < -0.39 is 8.80 Å². The van der Waals surface area contributed by atoms with Gasteiger partial charge in [0.05, 0.1) is 4.50 Å². The van der Waals surface area contributed by atoms with E-state index in [2.05, 4.69) is 15.9 Å². The van der Waals surface area contributed by atoms with E-state index in [1.54, 1.807) is 11.3 Å². The van der Waals surface area contributed by atoms with E-state index in [0.29, 0.717) is 19.8 Å². The maximum absolute atomic E-state index is 5.81. The van der Waals surface area contributed by atoms with Crippen LogP contribution in [0.15, 0.2) is 15.9 Å². The van der Waals surface area contributed by atoms with Crippen molar-refractivity contribution in [3.05, 3.63) is 15.9 Å². The molecule has 3 nitrogen and oxygen atoms in total. The highest BCUT2D eigenvalue weighted by Gasteiger charge is 2.46. The first-order valence-corrected chi connectivity index (χ1v) is 8.75. The quantitative estimate of drug-likeness (QED) is 0.722. The van der Waals surface area contributed by atoms with Crippen LogP contribution in [0.5, 0.6) is 0 Å². The summed E-state index contributed by atoms with van der Waals surface area (Å²) in [6.07, 6.45) is 0. The van der Waals surface area contributed by atoms with Crippen LogP contribution in [0.4, 0.5) is 0 Å². The zero-order chi connectivity index (χ0) is 12.0. The Morgan fingerprint density at radius 2 is 1.62 bits per heavy atom. The largest absolute Gasteiger partial charge is 0.548 e. The minimum Gasteiger partial charge on any atom is -0.370 e. The van der Waals surface area contributed by atoms with Gasteiger partial charge in [-0.25, -0.2) is 0 Å². The topological polar surface area (TPSA) is 27.7 Å². The maximum Gasteiger partial charge on any atom is 0.548 e. The Kier molecular flexibility index (Phi) is 6.16. The Hall–Kier alpha value is 0.277. The van der Waals surface area contributed by atoms with E-state index >= 15 is 0 Å². The Morgan fingerprint density at radius 1 is 1.12 bits per heavy atom. The van der Waals surface area contributed by atoms with Gasteiger partial charge in [-0.15, -0.1) is 11.3 Å². The van der Waals surface area contributed by atoms with E-state index in [1.165, 1.54) is 0 Å². The van der Waals surface area contributed by atoms with Gasteiger partial charge in [0.1, 0.15) is 0 Å². The Balaban J connectivity index is 3.04. The smallest absolute Gasteiger partial charge is 0.370 e. The average Bonchev–Trinajstić information content (AvgIpc) is 2.66. The number of halogens is 1. The zero-order valence-corrected chi connectivity index (χ0v) is 13.2. The van der Waals surface area contributed by atoms with Crippen molar-refractivity contribution in [2.75, 3.05) is 19.8 Å². The summed E-state index contributed by atoms with van der Waals surface area (Å²) in [6, 6.07) is 2.00. The maximum atomic E-state index is 5.81. The molecule has 0 N–H and O–H groups in total. The van der Waals surface area contributed by atoms with Crippen molar-refractivity contribution >= 4 is 40.6 Å². The van der Waals surface area contributed by atoms with Crippen molar-refractivity contribution in [3.63, 3.8) is 0 Å². The fraction of sp³-hybridized carbons (Fsp3) is 0.600. The molecule has 0 unspecified atom stereocenters. The highest BCUT2D eigenvalue weighted by atomic mass is 79.9. The highest BCUT2D eigenvalue weighted by molar-refractivity contribution is 9.10. The van der Waals surface area contributed by atoms with Gasteiger partial charge in [-0.05, 0) is 48.1 Å². The van der Waals surface area contributed by atoms with Gasteiger partial charge in [-0.1, -0.05) is 0 Å². The van der Waals surface area contributed by atoms with Crippen LogP contribution >= 0.6 is 27.3 Å². The molecule has 0 aromatic carbocycles. The number of hydrogen-bond acceptors (Lipinski definition) is 4. The van der Waals surface area contributed by atoms with E-state index in [0.717, 1.165) is 8.97 Å². The third-order valence-electron chi connectivity index (χ3n) is 1.90. The highest BCUT2D eigenvalue weighted by Crippen LogP contribution is 2.21.